The van der Waals surface area contributed by atoms with Crippen LogP contribution in [0.25, 0.3) is 0 Å². The molecule has 3 aliphatic heterocycles. The van der Waals surface area contributed by atoms with E-state index in [4.69, 9.17) is 18.9 Å². The average molecular weight is 285 g/mol. The summed E-state index contributed by atoms with van der Waals surface area (Å²) in [5, 5.41) is 12.2. The van der Waals surface area contributed by atoms with Crippen LogP contribution in [0.5, 0.6) is 0 Å². The van der Waals surface area contributed by atoms with Crippen LogP contribution in [-0.4, -0.2) is 60.7 Å². The van der Waals surface area contributed by atoms with Crippen LogP contribution in [0.15, 0.2) is 12.2 Å². The number of nitrogens with one attached hydrogen (secondary N) is 1. The Kier molecular flexibility index (Phi) is 3.15. The SMILES string of the molecule is COC1([C@@H]2O[C@H](CO)[C@H]3OC(C)(C)O[C@H]32)C=CC(=O)N1. The topological polar surface area (TPSA) is 86.2 Å². The highest BCUT2D eigenvalue weighted by atomic mass is 16.8. The van der Waals surface area contributed by atoms with Crippen molar-refractivity contribution in [3.05, 3.63) is 12.2 Å². The molecule has 20 heavy (non-hydrogen) atoms. The van der Waals surface area contributed by atoms with Crippen LogP contribution >= 0.6 is 0 Å². The van der Waals surface area contributed by atoms with Crippen molar-refractivity contribution in [2.24, 2.45) is 0 Å². The number of amides is 1. The number of aliphatic hydroxyl groups excluding tert-OH is 1. The van der Waals surface area contributed by atoms with Crippen LogP contribution in [0.4, 0.5) is 0 Å². The summed E-state index contributed by atoms with van der Waals surface area (Å²) >= 11 is 0. The van der Waals surface area contributed by atoms with Crippen molar-refractivity contribution >= 4 is 5.91 Å². The zero-order valence-corrected chi connectivity index (χ0v) is 11.7. The number of hydrogen-bond donors (Lipinski definition) is 2. The van der Waals surface area contributed by atoms with Crippen molar-refractivity contribution in [1.29, 1.82) is 0 Å². The zero-order valence-electron chi connectivity index (χ0n) is 11.7. The summed E-state index contributed by atoms with van der Waals surface area (Å²) in [7, 11) is 1.49. The first-order valence-electron chi connectivity index (χ1n) is 6.59. The number of aliphatic hydroxyl groups is 1. The van der Waals surface area contributed by atoms with Gasteiger partial charge in [-0.3, -0.25) is 4.79 Å². The maximum Gasteiger partial charge on any atom is 0.246 e. The molecule has 1 amide bonds. The molecule has 0 saturated carbocycles. The summed E-state index contributed by atoms with van der Waals surface area (Å²) in [4.78, 5) is 11.5. The molecule has 0 bridgehead atoms. The Bertz CT molecular complexity index is 450. The highest BCUT2D eigenvalue weighted by Crippen LogP contribution is 2.43. The van der Waals surface area contributed by atoms with E-state index in [1.165, 1.54) is 13.2 Å². The molecule has 2 fully saturated rings. The molecule has 3 rings (SSSR count). The largest absolute Gasteiger partial charge is 0.394 e. The Morgan fingerprint density at radius 1 is 1.40 bits per heavy atom. The van der Waals surface area contributed by atoms with Crippen molar-refractivity contribution in [1.82, 2.24) is 5.32 Å². The van der Waals surface area contributed by atoms with Gasteiger partial charge in [-0.2, -0.15) is 0 Å². The van der Waals surface area contributed by atoms with E-state index in [-0.39, 0.29) is 12.5 Å². The van der Waals surface area contributed by atoms with Gasteiger partial charge in [0.1, 0.15) is 24.4 Å². The Morgan fingerprint density at radius 3 is 2.65 bits per heavy atom. The molecule has 7 heteroatoms. The number of methoxy groups -OCH3 is 1. The Balaban J connectivity index is 1.90. The normalized spacial score (nSPS) is 45.7. The number of hydrogen-bond acceptors (Lipinski definition) is 6. The van der Waals surface area contributed by atoms with Gasteiger partial charge in [0, 0.05) is 13.2 Å². The predicted molar refractivity (Wildman–Crippen MR) is 66.6 cm³/mol. The highest BCUT2D eigenvalue weighted by Gasteiger charge is 2.61. The minimum Gasteiger partial charge on any atom is -0.394 e. The molecular weight excluding hydrogens is 266 g/mol. The van der Waals surface area contributed by atoms with Crippen molar-refractivity contribution in [2.75, 3.05) is 13.7 Å². The Hall–Kier alpha value is -0.990. The quantitative estimate of drug-likeness (QED) is 0.713. The summed E-state index contributed by atoms with van der Waals surface area (Å²) in [6, 6.07) is 0. The second-order valence-electron chi connectivity index (χ2n) is 5.66. The molecule has 1 unspecified atom stereocenters. The van der Waals surface area contributed by atoms with Gasteiger partial charge in [-0.25, -0.2) is 0 Å². The molecule has 0 aliphatic carbocycles. The molecule has 112 valence electrons. The van der Waals surface area contributed by atoms with E-state index in [1.807, 2.05) is 0 Å². The lowest BCUT2D eigenvalue weighted by Gasteiger charge is -2.35. The van der Waals surface area contributed by atoms with Crippen LogP contribution in [0.3, 0.4) is 0 Å². The molecule has 2 N–H and O–H groups in total. The number of ether oxygens (including phenoxy) is 4. The van der Waals surface area contributed by atoms with E-state index in [0.29, 0.717) is 0 Å². The minimum atomic E-state index is -1.09. The minimum absolute atomic E-state index is 0.186. The molecule has 0 spiro atoms. The number of carbonyl (C=O) groups excluding carboxylic acids is 1. The van der Waals surface area contributed by atoms with Gasteiger partial charge in [0.15, 0.2) is 11.5 Å². The van der Waals surface area contributed by atoms with Gasteiger partial charge < -0.3 is 29.4 Å². The van der Waals surface area contributed by atoms with E-state index in [9.17, 15) is 9.90 Å². The number of carbonyl (C=O) groups is 1. The molecule has 2 saturated heterocycles. The first-order valence-corrected chi connectivity index (χ1v) is 6.59. The smallest absolute Gasteiger partial charge is 0.246 e. The first kappa shape index (κ1) is 14.0. The lowest BCUT2D eigenvalue weighted by molar-refractivity contribution is -0.214. The van der Waals surface area contributed by atoms with Gasteiger partial charge in [-0.05, 0) is 19.9 Å². The Morgan fingerprint density at radius 2 is 2.10 bits per heavy atom. The zero-order chi connectivity index (χ0) is 14.5. The van der Waals surface area contributed by atoms with E-state index in [2.05, 4.69) is 5.32 Å². The molecule has 0 aromatic heterocycles. The third-order valence-electron chi connectivity index (χ3n) is 3.89. The number of rotatable bonds is 3. The molecule has 7 nitrogen and oxygen atoms in total. The maximum atomic E-state index is 11.5. The van der Waals surface area contributed by atoms with Crippen LogP contribution in [-0.2, 0) is 23.7 Å². The number of fused-ring (bicyclic) bond motifs is 1. The lowest BCUT2D eigenvalue weighted by Crippen LogP contribution is -2.57. The van der Waals surface area contributed by atoms with E-state index in [0.717, 1.165) is 0 Å². The van der Waals surface area contributed by atoms with Crippen LogP contribution in [0.1, 0.15) is 13.8 Å². The second-order valence-corrected chi connectivity index (χ2v) is 5.66. The second kappa shape index (κ2) is 4.51. The van der Waals surface area contributed by atoms with Gasteiger partial charge in [0.25, 0.3) is 0 Å². The van der Waals surface area contributed by atoms with Gasteiger partial charge in [0.2, 0.25) is 5.91 Å². The van der Waals surface area contributed by atoms with Crippen molar-refractivity contribution < 1.29 is 28.8 Å². The summed E-state index contributed by atoms with van der Waals surface area (Å²) in [5.41, 5.74) is -1.09. The average Bonchev–Trinajstić information content (AvgIpc) is 3.00. The summed E-state index contributed by atoms with van der Waals surface area (Å²) in [6.45, 7) is 3.42. The van der Waals surface area contributed by atoms with Crippen LogP contribution < -0.4 is 5.32 Å². The van der Waals surface area contributed by atoms with E-state index in [1.54, 1.807) is 19.9 Å². The van der Waals surface area contributed by atoms with Gasteiger partial charge >= 0.3 is 0 Å². The first-order chi connectivity index (χ1) is 9.41. The monoisotopic (exact) mass is 285 g/mol. The van der Waals surface area contributed by atoms with Crippen molar-refractivity contribution in [3.8, 4) is 0 Å². The predicted octanol–water partition coefficient (Wildman–Crippen LogP) is -0.705. The van der Waals surface area contributed by atoms with Crippen molar-refractivity contribution in [3.63, 3.8) is 0 Å². The Labute approximate surface area is 116 Å². The maximum absolute atomic E-state index is 11.5. The molecule has 0 aromatic rings. The molecule has 0 aromatic carbocycles. The standard InChI is InChI=1S/C13H19NO6/c1-12(2)19-9-7(6-15)18-11(10(9)20-12)13(17-3)5-4-8(16)14-13/h4-5,7,9-11,15H,6H2,1-3H3,(H,14,16)/t7-,9-,10-,11-,13?/m1/s1. The van der Waals surface area contributed by atoms with Gasteiger partial charge in [-0.15, -0.1) is 0 Å². The molecule has 3 heterocycles. The van der Waals surface area contributed by atoms with Gasteiger partial charge in [-0.1, -0.05) is 0 Å². The summed E-state index contributed by atoms with van der Waals surface area (Å²) < 4.78 is 22.9. The summed E-state index contributed by atoms with van der Waals surface area (Å²) in [6.07, 6.45) is 1.10. The fourth-order valence-corrected chi connectivity index (χ4v) is 3.05. The third kappa shape index (κ3) is 1.97. The molecule has 5 atom stereocenters. The third-order valence-corrected chi connectivity index (χ3v) is 3.89. The fraction of sp³-hybridized carbons (Fsp3) is 0.769. The van der Waals surface area contributed by atoms with E-state index < -0.39 is 35.9 Å². The van der Waals surface area contributed by atoms with Crippen LogP contribution in [0, 0.1) is 0 Å². The lowest BCUT2D eigenvalue weighted by atomic mass is 9.99. The summed E-state index contributed by atoms with van der Waals surface area (Å²) in [5.74, 6) is -1.01. The van der Waals surface area contributed by atoms with Crippen LogP contribution in [0.2, 0.25) is 0 Å². The van der Waals surface area contributed by atoms with Gasteiger partial charge in [0.05, 0.1) is 6.61 Å². The fourth-order valence-electron chi connectivity index (χ4n) is 3.05. The van der Waals surface area contributed by atoms with Crippen molar-refractivity contribution in [2.45, 2.75) is 49.8 Å². The molecule has 0 radical (unpaired) electrons. The molecular formula is C13H19NO6. The molecule has 3 aliphatic rings. The highest BCUT2D eigenvalue weighted by molar-refractivity contribution is 5.91. The van der Waals surface area contributed by atoms with E-state index >= 15 is 0 Å².